The number of ether oxygens (including phenoxy) is 1. The molecule has 106 valence electrons. The topological polar surface area (TPSA) is 24.5 Å². The van der Waals surface area contributed by atoms with Crippen LogP contribution >= 0.6 is 0 Å². The third-order valence-corrected chi connectivity index (χ3v) is 3.69. The van der Waals surface area contributed by atoms with Gasteiger partial charge in [0, 0.05) is 12.6 Å². The van der Waals surface area contributed by atoms with E-state index in [9.17, 15) is 4.39 Å². The Bertz CT molecular complexity index is 361. The first-order valence-electron chi connectivity index (χ1n) is 7.05. The minimum Gasteiger partial charge on any atom is -0.492 e. The lowest BCUT2D eigenvalue weighted by Crippen LogP contribution is -2.35. The van der Waals surface area contributed by atoms with Crippen molar-refractivity contribution in [3.05, 3.63) is 30.1 Å². The number of hydrogen-bond acceptors (Lipinski definition) is 3. The van der Waals surface area contributed by atoms with Gasteiger partial charge in [0.15, 0.2) is 0 Å². The van der Waals surface area contributed by atoms with Crippen molar-refractivity contribution < 1.29 is 9.13 Å². The highest BCUT2D eigenvalue weighted by atomic mass is 19.1. The Kier molecular flexibility index (Phi) is 5.61. The summed E-state index contributed by atoms with van der Waals surface area (Å²) < 4.78 is 18.4. The molecule has 0 saturated carbocycles. The van der Waals surface area contributed by atoms with Crippen molar-refractivity contribution in [3.63, 3.8) is 0 Å². The van der Waals surface area contributed by atoms with Gasteiger partial charge in [0.05, 0.1) is 0 Å². The first-order valence-corrected chi connectivity index (χ1v) is 7.05. The highest BCUT2D eigenvalue weighted by Gasteiger charge is 2.16. The molecule has 0 radical (unpaired) electrons. The maximum atomic E-state index is 12.7. The lowest BCUT2D eigenvalue weighted by atomic mass is 10.1. The largest absolute Gasteiger partial charge is 0.492 e. The fraction of sp³-hybridized carbons (Fsp3) is 0.600. The van der Waals surface area contributed by atoms with Crippen molar-refractivity contribution in [1.29, 1.82) is 0 Å². The fourth-order valence-corrected chi connectivity index (χ4v) is 2.46. The Balaban J connectivity index is 1.70. The van der Waals surface area contributed by atoms with Gasteiger partial charge in [0.2, 0.25) is 0 Å². The molecule has 1 heterocycles. The van der Waals surface area contributed by atoms with Crippen LogP contribution in [0.3, 0.4) is 0 Å². The standard InChI is InChI=1S/C15H23FN2O/c1-18(14-3-2-9-17-10-8-14)11-12-19-15-6-4-13(16)5-7-15/h4-7,14,17H,2-3,8-12H2,1H3. The van der Waals surface area contributed by atoms with E-state index < -0.39 is 0 Å². The molecule has 0 bridgehead atoms. The van der Waals surface area contributed by atoms with Crippen molar-refractivity contribution in [3.8, 4) is 5.75 Å². The molecule has 19 heavy (non-hydrogen) atoms. The van der Waals surface area contributed by atoms with E-state index in [1.165, 1.54) is 31.4 Å². The van der Waals surface area contributed by atoms with Gasteiger partial charge in [-0.05, 0) is 63.7 Å². The zero-order valence-corrected chi connectivity index (χ0v) is 11.6. The molecule has 2 rings (SSSR count). The first kappa shape index (κ1) is 14.3. The molecule has 3 nitrogen and oxygen atoms in total. The smallest absolute Gasteiger partial charge is 0.123 e. The number of likely N-dealkylation sites (N-methyl/N-ethyl adjacent to an activating group) is 1. The second-order valence-electron chi connectivity index (χ2n) is 5.12. The van der Waals surface area contributed by atoms with Gasteiger partial charge < -0.3 is 10.1 Å². The van der Waals surface area contributed by atoms with Crippen molar-refractivity contribution in [1.82, 2.24) is 10.2 Å². The summed E-state index contributed by atoms with van der Waals surface area (Å²) >= 11 is 0. The molecule has 1 N–H and O–H groups in total. The van der Waals surface area contributed by atoms with Gasteiger partial charge >= 0.3 is 0 Å². The SMILES string of the molecule is CN(CCOc1ccc(F)cc1)C1CCCNCC1. The van der Waals surface area contributed by atoms with Crippen LogP contribution in [0, 0.1) is 5.82 Å². The predicted molar refractivity (Wildman–Crippen MR) is 75.0 cm³/mol. The maximum Gasteiger partial charge on any atom is 0.123 e. The molecule has 1 aromatic rings. The zero-order valence-electron chi connectivity index (χ0n) is 11.6. The summed E-state index contributed by atoms with van der Waals surface area (Å²) in [4.78, 5) is 2.37. The predicted octanol–water partition coefficient (Wildman–Crippen LogP) is 2.28. The van der Waals surface area contributed by atoms with Gasteiger partial charge in [-0.15, -0.1) is 0 Å². The molecule has 1 saturated heterocycles. The third kappa shape index (κ3) is 4.80. The second-order valence-corrected chi connectivity index (χ2v) is 5.12. The fourth-order valence-electron chi connectivity index (χ4n) is 2.46. The molecular formula is C15H23FN2O. The van der Waals surface area contributed by atoms with Crippen LogP contribution in [0.5, 0.6) is 5.75 Å². The lowest BCUT2D eigenvalue weighted by molar-refractivity contribution is 0.180. The highest BCUT2D eigenvalue weighted by molar-refractivity contribution is 5.21. The van der Waals surface area contributed by atoms with Gasteiger partial charge in [-0.25, -0.2) is 4.39 Å². The molecule has 0 amide bonds. The Morgan fingerprint density at radius 1 is 1.26 bits per heavy atom. The molecular weight excluding hydrogens is 243 g/mol. The van der Waals surface area contributed by atoms with Gasteiger partial charge in [0.25, 0.3) is 0 Å². The molecule has 0 spiro atoms. The average molecular weight is 266 g/mol. The summed E-state index contributed by atoms with van der Waals surface area (Å²) in [5.74, 6) is 0.507. The minimum absolute atomic E-state index is 0.226. The number of halogens is 1. The highest BCUT2D eigenvalue weighted by Crippen LogP contribution is 2.13. The molecule has 1 aromatic carbocycles. The van der Waals surface area contributed by atoms with Crippen LogP contribution in [-0.2, 0) is 0 Å². The van der Waals surface area contributed by atoms with Crippen molar-refractivity contribution in [2.75, 3.05) is 33.3 Å². The molecule has 4 heteroatoms. The summed E-state index contributed by atoms with van der Waals surface area (Å²) in [6.45, 7) is 3.79. The van der Waals surface area contributed by atoms with Crippen molar-refractivity contribution in [2.45, 2.75) is 25.3 Å². The third-order valence-electron chi connectivity index (χ3n) is 3.69. The Labute approximate surface area is 114 Å². The summed E-state index contributed by atoms with van der Waals surface area (Å²) in [5, 5.41) is 3.43. The number of nitrogens with one attached hydrogen (secondary N) is 1. The van der Waals surface area contributed by atoms with E-state index >= 15 is 0 Å². The monoisotopic (exact) mass is 266 g/mol. The quantitative estimate of drug-likeness (QED) is 0.885. The van der Waals surface area contributed by atoms with E-state index in [1.807, 2.05) is 0 Å². The molecule has 0 aromatic heterocycles. The van der Waals surface area contributed by atoms with E-state index in [1.54, 1.807) is 12.1 Å². The van der Waals surface area contributed by atoms with Gasteiger partial charge in [0.1, 0.15) is 18.2 Å². The van der Waals surface area contributed by atoms with Crippen LogP contribution in [0.1, 0.15) is 19.3 Å². The maximum absolute atomic E-state index is 12.7. The normalized spacial score (nSPS) is 20.3. The summed E-state index contributed by atoms with van der Waals surface area (Å²) in [5.41, 5.74) is 0. The molecule has 1 unspecified atom stereocenters. The van der Waals surface area contributed by atoms with Gasteiger partial charge in [-0.2, -0.15) is 0 Å². The molecule has 0 aliphatic carbocycles. The van der Waals surface area contributed by atoms with Crippen LogP contribution in [0.15, 0.2) is 24.3 Å². The summed E-state index contributed by atoms with van der Waals surface area (Å²) in [6.07, 6.45) is 3.70. The first-order chi connectivity index (χ1) is 9.25. The average Bonchev–Trinajstić information content (AvgIpc) is 2.70. The molecule has 1 fully saturated rings. The van der Waals surface area contributed by atoms with Gasteiger partial charge in [-0.1, -0.05) is 0 Å². The number of nitrogens with zero attached hydrogens (tertiary/aromatic N) is 1. The number of benzene rings is 1. The van der Waals surface area contributed by atoms with Crippen LogP contribution in [0.25, 0.3) is 0 Å². The Hall–Kier alpha value is -1.13. The van der Waals surface area contributed by atoms with Crippen molar-refractivity contribution in [2.24, 2.45) is 0 Å². The van der Waals surface area contributed by atoms with E-state index in [-0.39, 0.29) is 5.82 Å². The van der Waals surface area contributed by atoms with E-state index in [0.29, 0.717) is 12.6 Å². The summed E-state index contributed by atoms with van der Waals surface area (Å²) in [6, 6.07) is 6.84. The Morgan fingerprint density at radius 3 is 2.84 bits per heavy atom. The van der Waals surface area contributed by atoms with Crippen LogP contribution in [-0.4, -0.2) is 44.2 Å². The number of rotatable bonds is 5. The lowest BCUT2D eigenvalue weighted by Gasteiger charge is -2.26. The van der Waals surface area contributed by atoms with E-state index in [0.717, 1.165) is 25.4 Å². The Morgan fingerprint density at radius 2 is 2.05 bits per heavy atom. The summed E-state index contributed by atoms with van der Waals surface area (Å²) in [7, 11) is 2.16. The molecule has 1 aliphatic heterocycles. The van der Waals surface area contributed by atoms with Crippen molar-refractivity contribution >= 4 is 0 Å². The van der Waals surface area contributed by atoms with E-state index in [4.69, 9.17) is 4.74 Å². The van der Waals surface area contributed by atoms with E-state index in [2.05, 4.69) is 17.3 Å². The second kappa shape index (κ2) is 7.46. The molecule has 1 aliphatic rings. The number of hydrogen-bond donors (Lipinski definition) is 1. The van der Waals surface area contributed by atoms with Crippen LogP contribution < -0.4 is 10.1 Å². The zero-order chi connectivity index (χ0) is 13.5. The molecule has 1 atom stereocenters. The van der Waals surface area contributed by atoms with Crippen LogP contribution in [0.2, 0.25) is 0 Å². The van der Waals surface area contributed by atoms with Crippen LogP contribution in [0.4, 0.5) is 4.39 Å². The minimum atomic E-state index is -0.226. The van der Waals surface area contributed by atoms with Gasteiger partial charge in [-0.3, -0.25) is 4.90 Å².